The smallest absolute Gasteiger partial charge is 0.226 e. The second kappa shape index (κ2) is 7.33. The van der Waals surface area contributed by atoms with Gasteiger partial charge in [0.25, 0.3) is 0 Å². The van der Waals surface area contributed by atoms with E-state index in [0.29, 0.717) is 17.6 Å². The van der Waals surface area contributed by atoms with Gasteiger partial charge in [0.05, 0.1) is 6.33 Å². The van der Waals surface area contributed by atoms with E-state index in [1.165, 1.54) is 0 Å². The van der Waals surface area contributed by atoms with Gasteiger partial charge in [-0.05, 0) is 19.1 Å². The Morgan fingerprint density at radius 3 is 2.90 bits per heavy atom. The lowest BCUT2D eigenvalue weighted by Gasteiger charge is -2.17. The van der Waals surface area contributed by atoms with Crippen molar-refractivity contribution in [3.8, 4) is 0 Å². The van der Waals surface area contributed by atoms with E-state index in [-0.39, 0.29) is 0 Å². The molecule has 110 valence electrons. The summed E-state index contributed by atoms with van der Waals surface area (Å²) >= 11 is 1.83. The molecular weight excluding hydrogens is 272 g/mol. The van der Waals surface area contributed by atoms with Crippen molar-refractivity contribution in [3.05, 3.63) is 6.33 Å². The Kier molecular flexibility index (Phi) is 5.46. The second-order valence-electron chi connectivity index (χ2n) is 4.63. The average molecular weight is 294 g/mol. The highest BCUT2D eigenvalue weighted by Gasteiger charge is 2.13. The monoisotopic (exact) mass is 294 g/mol. The van der Waals surface area contributed by atoms with E-state index in [0.717, 1.165) is 36.5 Å². The first-order valence-corrected chi connectivity index (χ1v) is 8.38. The predicted octanol–water partition coefficient (Wildman–Crippen LogP) is 2.73. The van der Waals surface area contributed by atoms with E-state index in [1.54, 1.807) is 6.33 Å². The van der Waals surface area contributed by atoms with Gasteiger partial charge in [0.2, 0.25) is 5.95 Å². The summed E-state index contributed by atoms with van der Waals surface area (Å²) in [5, 5.41) is 6.71. The molecule has 20 heavy (non-hydrogen) atoms. The standard InChI is InChI=1S/C13H22N6S/c1-4-6-14-13-18-11-10(15-8-16-11)12(19-13)17-9(5-2)7-20-3/h8-9H,4-7H2,1-3H3,(H3,14,15,16,17,18,19). The summed E-state index contributed by atoms with van der Waals surface area (Å²) in [5.41, 5.74) is 1.56. The lowest BCUT2D eigenvalue weighted by Crippen LogP contribution is -2.22. The number of aromatic nitrogens is 4. The number of H-pyrrole nitrogens is 1. The van der Waals surface area contributed by atoms with E-state index in [9.17, 15) is 0 Å². The fourth-order valence-electron chi connectivity index (χ4n) is 1.91. The van der Waals surface area contributed by atoms with Crippen LogP contribution in [0.2, 0.25) is 0 Å². The van der Waals surface area contributed by atoms with E-state index in [2.05, 4.69) is 50.7 Å². The third kappa shape index (κ3) is 3.53. The van der Waals surface area contributed by atoms with Crippen molar-refractivity contribution in [2.24, 2.45) is 0 Å². The van der Waals surface area contributed by atoms with Crippen LogP contribution in [0.5, 0.6) is 0 Å². The molecule has 0 fully saturated rings. The van der Waals surface area contributed by atoms with E-state index in [4.69, 9.17) is 0 Å². The van der Waals surface area contributed by atoms with Gasteiger partial charge in [-0.25, -0.2) is 4.98 Å². The van der Waals surface area contributed by atoms with Crippen LogP contribution in [0.1, 0.15) is 26.7 Å². The molecular formula is C13H22N6S. The van der Waals surface area contributed by atoms with Crippen LogP contribution in [0.25, 0.3) is 11.2 Å². The molecule has 7 heteroatoms. The summed E-state index contributed by atoms with van der Waals surface area (Å²) in [5.74, 6) is 2.51. The summed E-state index contributed by atoms with van der Waals surface area (Å²) in [6.45, 7) is 5.15. The van der Waals surface area contributed by atoms with Gasteiger partial charge in [-0.1, -0.05) is 13.8 Å². The first-order valence-electron chi connectivity index (χ1n) is 6.98. The molecule has 0 saturated heterocycles. The Bertz CT molecular complexity index is 541. The molecule has 1 atom stereocenters. The molecule has 0 spiro atoms. The summed E-state index contributed by atoms with van der Waals surface area (Å²) in [4.78, 5) is 16.3. The minimum Gasteiger partial charge on any atom is -0.365 e. The molecule has 0 aliphatic rings. The van der Waals surface area contributed by atoms with Crippen LogP contribution in [0.4, 0.5) is 11.8 Å². The molecule has 2 aromatic rings. The molecule has 0 aliphatic heterocycles. The second-order valence-corrected chi connectivity index (χ2v) is 5.54. The fraction of sp³-hybridized carbons (Fsp3) is 0.615. The van der Waals surface area contributed by atoms with Crippen molar-refractivity contribution in [1.82, 2.24) is 19.9 Å². The van der Waals surface area contributed by atoms with Crippen LogP contribution in [0.15, 0.2) is 6.33 Å². The lowest BCUT2D eigenvalue weighted by atomic mass is 10.2. The maximum Gasteiger partial charge on any atom is 0.226 e. The van der Waals surface area contributed by atoms with Crippen molar-refractivity contribution < 1.29 is 0 Å². The normalized spacial score (nSPS) is 12.6. The molecule has 0 amide bonds. The van der Waals surface area contributed by atoms with E-state index in [1.807, 2.05) is 11.8 Å². The van der Waals surface area contributed by atoms with Gasteiger partial charge in [-0.3, -0.25) is 0 Å². The van der Waals surface area contributed by atoms with Gasteiger partial charge >= 0.3 is 0 Å². The topological polar surface area (TPSA) is 78.5 Å². The number of imidazole rings is 1. The van der Waals surface area contributed by atoms with Crippen molar-refractivity contribution in [3.63, 3.8) is 0 Å². The van der Waals surface area contributed by atoms with Gasteiger partial charge in [-0.2, -0.15) is 21.7 Å². The molecule has 1 unspecified atom stereocenters. The van der Waals surface area contributed by atoms with E-state index >= 15 is 0 Å². The van der Waals surface area contributed by atoms with Gasteiger partial charge in [0.15, 0.2) is 11.5 Å². The Balaban J connectivity index is 2.26. The number of nitrogens with one attached hydrogen (secondary N) is 3. The SMILES string of the molecule is CCCNc1nc(NC(CC)CSC)c2[nH]cnc2n1. The fourth-order valence-corrected chi connectivity index (χ4v) is 2.63. The number of hydrogen-bond donors (Lipinski definition) is 3. The summed E-state index contributed by atoms with van der Waals surface area (Å²) in [6, 6.07) is 0.394. The zero-order chi connectivity index (χ0) is 14.4. The third-order valence-corrected chi connectivity index (χ3v) is 3.76. The third-order valence-electron chi connectivity index (χ3n) is 3.02. The van der Waals surface area contributed by atoms with Gasteiger partial charge in [-0.15, -0.1) is 0 Å². The summed E-state index contributed by atoms with van der Waals surface area (Å²) < 4.78 is 0. The Labute approximate surface area is 123 Å². The summed E-state index contributed by atoms with van der Waals surface area (Å²) in [7, 11) is 0. The zero-order valence-electron chi connectivity index (χ0n) is 12.2. The number of fused-ring (bicyclic) bond motifs is 1. The molecule has 0 aromatic carbocycles. The molecule has 0 radical (unpaired) electrons. The van der Waals surface area contributed by atoms with Crippen LogP contribution >= 0.6 is 11.8 Å². The van der Waals surface area contributed by atoms with Gasteiger partial charge in [0, 0.05) is 18.3 Å². The Hall–Kier alpha value is -1.50. The predicted molar refractivity (Wildman–Crippen MR) is 86.5 cm³/mol. The van der Waals surface area contributed by atoms with Crippen molar-refractivity contribution in [2.45, 2.75) is 32.7 Å². The number of hydrogen-bond acceptors (Lipinski definition) is 6. The van der Waals surface area contributed by atoms with Crippen LogP contribution < -0.4 is 10.6 Å². The molecule has 0 aliphatic carbocycles. The largest absolute Gasteiger partial charge is 0.365 e. The molecule has 2 aromatic heterocycles. The quantitative estimate of drug-likeness (QED) is 0.695. The maximum atomic E-state index is 4.57. The van der Waals surface area contributed by atoms with Crippen LogP contribution in [0, 0.1) is 0 Å². The molecule has 2 heterocycles. The molecule has 6 nitrogen and oxygen atoms in total. The summed E-state index contributed by atoms with van der Waals surface area (Å²) in [6.07, 6.45) is 5.86. The number of anilines is 2. The Morgan fingerprint density at radius 2 is 2.20 bits per heavy atom. The minimum absolute atomic E-state index is 0.394. The first-order chi connectivity index (χ1) is 9.78. The van der Waals surface area contributed by atoms with E-state index < -0.39 is 0 Å². The number of aromatic amines is 1. The lowest BCUT2D eigenvalue weighted by molar-refractivity contribution is 0.770. The average Bonchev–Trinajstić information content (AvgIpc) is 2.93. The minimum atomic E-state index is 0.394. The highest BCUT2D eigenvalue weighted by atomic mass is 32.2. The number of rotatable bonds is 8. The number of thioether (sulfide) groups is 1. The van der Waals surface area contributed by atoms with Gasteiger partial charge in [0.1, 0.15) is 5.52 Å². The van der Waals surface area contributed by atoms with Crippen molar-refractivity contribution in [1.29, 1.82) is 0 Å². The molecule has 3 N–H and O–H groups in total. The molecule has 2 rings (SSSR count). The van der Waals surface area contributed by atoms with Crippen molar-refractivity contribution >= 4 is 34.7 Å². The zero-order valence-corrected chi connectivity index (χ0v) is 13.0. The van der Waals surface area contributed by atoms with Crippen LogP contribution in [-0.4, -0.2) is 44.5 Å². The molecule has 0 saturated carbocycles. The maximum absolute atomic E-state index is 4.57. The molecule has 0 bridgehead atoms. The highest BCUT2D eigenvalue weighted by Crippen LogP contribution is 2.20. The highest BCUT2D eigenvalue weighted by molar-refractivity contribution is 7.98. The van der Waals surface area contributed by atoms with Crippen LogP contribution in [-0.2, 0) is 0 Å². The first kappa shape index (κ1) is 14.9. The van der Waals surface area contributed by atoms with Crippen molar-refractivity contribution in [2.75, 3.05) is 29.2 Å². The Morgan fingerprint density at radius 1 is 1.35 bits per heavy atom. The van der Waals surface area contributed by atoms with Crippen LogP contribution in [0.3, 0.4) is 0 Å². The van der Waals surface area contributed by atoms with Gasteiger partial charge < -0.3 is 15.6 Å². The number of nitrogens with zero attached hydrogens (tertiary/aromatic N) is 3.